The maximum atomic E-state index is 11.6. The van der Waals surface area contributed by atoms with Gasteiger partial charge in [-0.05, 0) is 39.3 Å². The van der Waals surface area contributed by atoms with Gasteiger partial charge in [0, 0.05) is 37.7 Å². The number of carbonyl (C=O) groups is 1. The van der Waals surface area contributed by atoms with Gasteiger partial charge in [-0.3, -0.25) is 0 Å². The molecule has 1 aromatic carbocycles. The topological polar surface area (TPSA) is 42.1 Å². The Bertz CT molecular complexity index is 639. The van der Waals surface area contributed by atoms with E-state index in [9.17, 15) is 4.79 Å². The smallest absolute Gasteiger partial charge is 0.354 e. The summed E-state index contributed by atoms with van der Waals surface area (Å²) in [5.74, 6) is 2.72. The molecule has 1 heterocycles. The summed E-state index contributed by atoms with van der Waals surface area (Å²) in [6.45, 7) is 2.15. The lowest BCUT2D eigenvalue weighted by molar-refractivity contribution is 0.0520. The lowest BCUT2D eigenvalue weighted by atomic mass is 10.1. The molecule has 0 spiro atoms. The van der Waals surface area contributed by atoms with E-state index in [1.807, 2.05) is 18.2 Å². The quantitative estimate of drug-likeness (QED) is 0.497. The molecule has 5 heteroatoms. The minimum absolute atomic E-state index is 0.337. The third kappa shape index (κ3) is 2.82. The van der Waals surface area contributed by atoms with Gasteiger partial charge in [-0.2, -0.15) is 0 Å². The number of hydrogen-bond acceptors (Lipinski definition) is 3. The largest absolute Gasteiger partial charge is 0.461 e. The van der Waals surface area contributed by atoms with Crippen molar-refractivity contribution in [1.82, 2.24) is 4.98 Å². The summed E-state index contributed by atoms with van der Waals surface area (Å²) in [4.78, 5) is 14.7. The van der Waals surface area contributed by atoms with E-state index in [1.54, 1.807) is 13.0 Å². The van der Waals surface area contributed by atoms with Crippen LogP contribution in [0.5, 0.6) is 0 Å². The molecule has 0 bridgehead atoms. The van der Waals surface area contributed by atoms with E-state index in [4.69, 9.17) is 4.74 Å². The SMILES string of the molecule is CCOC(=O)c1cc2c(C#CSI)cccc2[nH]1. The molecule has 92 valence electrons. The van der Waals surface area contributed by atoms with E-state index >= 15 is 0 Å². The van der Waals surface area contributed by atoms with Gasteiger partial charge in [-0.15, -0.1) is 0 Å². The zero-order valence-corrected chi connectivity index (χ0v) is 12.6. The number of benzene rings is 1. The molecule has 0 saturated carbocycles. The van der Waals surface area contributed by atoms with Crippen LogP contribution in [-0.4, -0.2) is 17.6 Å². The predicted octanol–water partition coefficient (Wildman–Crippen LogP) is 3.74. The van der Waals surface area contributed by atoms with Crippen LogP contribution in [0, 0.1) is 11.2 Å². The first-order chi connectivity index (χ1) is 8.76. The second-order valence-corrected chi connectivity index (χ2v) is 5.15. The van der Waals surface area contributed by atoms with Crippen molar-refractivity contribution in [1.29, 1.82) is 0 Å². The number of aromatic nitrogens is 1. The number of ether oxygens (including phenoxy) is 1. The lowest BCUT2D eigenvalue weighted by Crippen LogP contribution is -2.04. The lowest BCUT2D eigenvalue weighted by Gasteiger charge is -1.96. The Kier molecular flexibility index (Phi) is 4.55. The molecule has 2 aromatic rings. The van der Waals surface area contributed by atoms with Crippen LogP contribution in [0.15, 0.2) is 24.3 Å². The molecule has 0 unspecified atom stereocenters. The summed E-state index contributed by atoms with van der Waals surface area (Å²) in [6.07, 6.45) is 0. The number of rotatable bonds is 2. The van der Waals surface area contributed by atoms with Crippen LogP contribution in [-0.2, 0) is 4.74 Å². The molecule has 0 saturated heterocycles. The molecule has 1 aromatic heterocycles. The molecule has 0 radical (unpaired) electrons. The van der Waals surface area contributed by atoms with Gasteiger partial charge in [0.05, 0.1) is 6.61 Å². The number of fused-ring (bicyclic) bond motifs is 1. The molecule has 0 amide bonds. The van der Waals surface area contributed by atoms with Crippen molar-refractivity contribution in [3.8, 4) is 11.2 Å². The van der Waals surface area contributed by atoms with Gasteiger partial charge in [0.1, 0.15) is 5.69 Å². The number of H-pyrrole nitrogens is 1. The number of aromatic amines is 1. The normalized spacial score (nSPS) is 9.89. The van der Waals surface area contributed by atoms with Crippen LogP contribution < -0.4 is 0 Å². The van der Waals surface area contributed by atoms with Crippen molar-refractivity contribution >= 4 is 47.0 Å². The van der Waals surface area contributed by atoms with Crippen molar-refractivity contribution in [2.24, 2.45) is 0 Å². The summed E-state index contributed by atoms with van der Waals surface area (Å²) >= 11 is 2.13. The van der Waals surface area contributed by atoms with Gasteiger partial charge < -0.3 is 9.72 Å². The Balaban J connectivity index is 2.47. The molecular formula is C13H10INO2S. The third-order valence-corrected chi connectivity index (χ3v) is 3.22. The Labute approximate surface area is 121 Å². The maximum Gasteiger partial charge on any atom is 0.354 e. The highest BCUT2D eigenvalue weighted by Gasteiger charge is 2.11. The third-order valence-electron chi connectivity index (χ3n) is 2.38. The first kappa shape index (κ1) is 13.3. The van der Waals surface area contributed by atoms with Gasteiger partial charge >= 0.3 is 5.97 Å². The number of nitrogens with one attached hydrogen (secondary N) is 1. The van der Waals surface area contributed by atoms with E-state index in [-0.39, 0.29) is 5.97 Å². The van der Waals surface area contributed by atoms with Crippen molar-refractivity contribution in [2.75, 3.05) is 6.61 Å². The first-order valence-corrected chi connectivity index (χ1v) is 8.69. The number of carbonyl (C=O) groups excluding carboxylic acids is 1. The van der Waals surface area contributed by atoms with E-state index in [0.717, 1.165) is 16.5 Å². The van der Waals surface area contributed by atoms with Crippen LogP contribution in [0.3, 0.4) is 0 Å². The van der Waals surface area contributed by atoms with Crippen LogP contribution in [0.4, 0.5) is 0 Å². The van der Waals surface area contributed by atoms with E-state index in [1.165, 1.54) is 8.93 Å². The van der Waals surface area contributed by atoms with Gasteiger partial charge in [-0.1, -0.05) is 12.0 Å². The number of esters is 1. The average molecular weight is 371 g/mol. The van der Waals surface area contributed by atoms with Crippen molar-refractivity contribution < 1.29 is 9.53 Å². The minimum Gasteiger partial charge on any atom is -0.461 e. The Morgan fingerprint density at radius 3 is 3.11 bits per heavy atom. The summed E-state index contributed by atoms with van der Waals surface area (Å²) in [7, 11) is 1.43. The second-order valence-electron chi connectivity index (χ2n) is 3.47. The fourth-order valence-electron chi connectivity index (χ4n) is 1.66. The van der Waals surface area contributed by atoms with Gasteiger partial charge in [0.2, 0.25) is 0 Å². The van der Waals surface area contributed by atoms with Crippen LogP contribution >= 0.6 is 30.1 Å². The van der Waals surface area contributed by atoms with Crippen LogP contribution in [0.2, 0.25) is 0 Å². The van der Waals surface area contributed by atoms with Gasteiger partial charge in [-0.25, -0.2) is 4.79 Å². The van der Waals surface area contributed by atoms with E-state index in [2.05, 4.69) is 37.4 Å². The van der Waals surface area contributed by atoms with Gasteiger partial charge in [0.15, 0.2) is 0 Å². The molecule has 0 aliphatic heterocycles. The summed E-state index contributed by atoms with van der Waals surface area (Å²) in [6, 6.07) is 7.55. The fourth-order valence-corrected chi connectivity index (χ4v) is 2.14. The van der Waals surface area contributed by atoms with Crippen molar-refractivity contribution in [3.63, 3.8) is 0 Å². The number of hydrogen-bond donors (Lipinski definition) is 1. The molecule has 0 aliphatic rings. The Morgan fingerprint density at radius 1 is 1.56 bits per heavy atom. The molecule has 1 N–H and O–H groups in total. The average Bonchev–Trinajstić information content (AvgIpc) is 2.81. The Hall–Kier alpha value is -1.13. The van der Waals surface area contributed by atoms with Gasteiger partial charge in [0.25, 0.3) is 0 Å². The highest BCUT2D eigenvalue weighted by molar-refractivity contribution is 14.2. The van der Waals surface area contributed by atoms with Crippen molar-refractivity contribution in [3.05, 3.63) is 35.5 Å². The monoisotopic (exact) mass is 371 g/mol. The standard InChI is InChI=1S/C13H10INO2S/c1-2-17-13(16)12-8-10-9(6-7-18-14)4-3-5-11(10)15-12/h3-5,8,15H,2H2,1H3. The molecule has 2 rings (SSSR count). The van der Waals surface area contributed by atoms with E-state index in [0.29, 0.717) is 12.3 Å². The first-order valence-electron chi connectivity index (χ1n) is 5.33. The molecule has 0 aliphatic carbocycles. The molecule has 3 nitrogen and oxygen atoms in total. The maximum absolute atomic E-state index is 11.6. The zero-order valence-electron chi connectivity index (χ0n) is 9.62. The minimum atomic E-state index is -0.337. The summed E-state index contributed by atoms with van der Waals surface area (Å²) in [5, 5.41) is 3.89. The highest BCUT2D eigenvalue weighted by atomic mass is 127. The van der Waals surface area contributed by atoms with Crippen LogP contribution in [0.1, 0.15) is 23.0 Å². The number of halogens is 1. The van der Waals surface area contributed by atoms with E-state index < -0.39 is 0 Å². The second kappa shape index (κ2) is 6.16. The fraction of sp³-hybridized carbons (Fsp3) is 0.154. The molecule has 18 heavy (non-hydrogen) atoms. The van der Waals surface area contributed by atoms with Crippen molar-refractivity contribution in [2.45, 2.75) is 6.92 Å². The highest BCUT2D eigenvalue weighted by Crippen LogP contribution is 2.20. The molecule has 0 atom stereocenters. The molecule has 0 fully saturated rings. The molecular weight excluding hydrogens is 361 g/mol. The zero-order chi connectivity index (χ0) is 13.0. The Morgan fingerprint density at radius 2 is 2.39 bits per heavy atom. The summed E-state index contributed by atoms with van der Waals surface area (Å²) < 4.78 is 4.97. The summed E-state index contributed by atoms with van der Waals surface area (Å²) in [5.41, 5.74) is 2.26. The van der Waals surface area contributed by atoms with Crippen LogP contribution in [0.25, 0.3) is 10.9 Å². The predicted molar refractivity (Wildman–Crippen MR) is 82.7 cm³/mol.